The van der Waals surface area contributed by atoms with E-state index >= 15 is 0 Å². The molecular formula is C20H26N4O2S. The molecule has 0 aliphatic carbocycles. The van der Waals surface area contributed by atoms with Crippen LogP contribution in [0.2, 0.25) is 0 Å². The summed E-state index contributed by atoms with van der Waals surface area (Å²) < 4.78 is 1.98. The monoisotopic (exact) mass is 386 g/mol. The number of carbonyl (C=O) groups is 2. The fraction of sp³-hybridized carbons (Fsp3) is 0.550. The lowest BCUT2D eigenvalue weighted by atomic mass is 10.1. The van der Waals surface area contributed by atoms with Gasteiger partial charge < -0.3 is 14.4 Å². The van der Waals surface area contributed by atoms with Gasteiger partial charge in [-0.15, -0.1) is 0 Å². The zero-order valence-corrected chi connectivity index (χ0v) is 16.4. The van der Waals surface area contributed by atoms with Crippen LogP contribution in [0, 0.1) is 0 Å². The van der Waals surface area contributed by atoms with E-state index < -0.39 is 0 Å². The smallest absolute Gasteiger partial charge is 0.242 e. The minimum atomic E-state index is 0.139. The molecule has 27 heavy (non-hydrogen) atoms. The van der Waals surface area contributed by atoms with Crippen LogP contribution in [-0.2, 0) is 16.1 Å². The van der Waals surface area contributed by atoms with Crippen molar-refractivity contribution in [3.63, 3.8) is 0 Å². The van der Waals surface area contributed by atoms with E-state index in [1.54, 1.807) is 0 Å². The summed E-state index contributed by atoms with van der Waals surface area (Å²) in [6.45, 7) is 3.72. The average Bonchev–Trinajstić information content (AvgIpc) is 3.35. The molecule has 0 bridgehead atoms. The Balaban J connectivity index is 1.50. The predicted octanol–water partition coefficient (Wildman–Crippen LogP) is 2.76. The van der Waals surface area contributed by atoms with Crippen LogP contribution in [0.15, 0.2) is 29.4 Å². The maximum Gasteiger partial charge on any atom is 0.242 e. The maximum absolute atomic E-state index is 12.7. The topological polar surface area (TPSA) is 58.4 Å². The van der Waals surface area contributed by atoms with Gasteiger partial charge in [0.2, 0.25) is 11.8 Å². The summed E-state index contributed by atoms with van der Waals surface area (Å²) in [4.78, 5) is 33.8. The second kappa shape index (κ2) is 8.33. The Morgan fingerprint density at radius 1 is 0.889 bits per heavy atom. The van der Waals surface area contributed by atoms with Crippen molar-refractivity contribution >= 4 is 34.6 Å². The minimum Gasteiger partial charge on any atom is -0.342 e. The molecule has 6 nitrogen and oxygen atoms in total. The molecule has 144 valence electrons. The molecule has 3 heterocycles. The Hall–Kier alpha value is -2.02. The van der Waals surface area contributed by atoms with Gasteiger partial charge in [0.25, 0.3) is 0 Å². The van der Waals surface area contributed by atoms with Crippen LogP contribution >= 0.6 is 11.8 Å². The third-order valence-electron chi connectivity index (χ3n) is 5.41. The number of likely N-dealkylation sites (tertiary alicyclic amines) is 2. The fourth-order valence-electron chi connectivity index (χ4n) is 3.88. The predicted molar refractivity (Wildman–Crippen MR) is 107 cm³/mol. The Morgan fingerprint density at radius 2 is 1.52 bits per heavy atom. The SMILES string of the molecule is O=C(CSc1nc2ccccc2n1CC(=O)N1CCCC1)N1CCCCC1. The summed E-state index contributed by atoms with van der Waals surface area (Å²) in [5, 5.41) is 0.758. The highest BCUT2D eigenvalue weighted by Crippen LogP contribution is 2.25. The van der Waals surface area contributed by atoms with Gasteiger partial charge in [0.05, 0.1) is 16.8 Å². The van der Waals surface area contributed by atoms with Gasteiger partial charge in [-0.05, 0) is 44.2 Å². The van der Waals surface area contributed by atoms with Crippen molar-refractivity contribution in [3.8, 4) is 0 Å². The van der Waals surface area contributed by atoms with E-state index in [2.05, 4.69) is 0 Å². The van der Waals surface area contributed by atoms with Gasteiger partial charge in [-0.1, -0.05) is 23.9 Å². The third kappa shape index (κ3) is 4.13. The van der Waals surface area contributed by atoms with Gasteiger partial charge in [0.1, 0.15) is 6.54 Å². The first-order valence-corrected chi connectivity index (χ1v) is 10.8. The zero-order valence-electron chi connectivity index (χ0n) is 15.6. The van der Waals surface area contributed by atoms with Crippen molar-refractivity contribution in [2.45, 2.75) is 43.8 Å². The normalized spacial score (nSPS) is 17.6. The van der Waals surface area contributed by atoms with Crippen LogP contribution in [0.25, 0.3) is 11.0 Å². The summed E-state index contributed by atoms with van der Waals surface area (Å²) in [7, 11) is 0. The van der Waals surface area contributed by atoms with Gasteiger partial charge in [0, 0.05) is 26.2 Å². The number of piperidine rings is 1. The van der Waals surface area contributed by atoms with Crippen LogP contribution in [0.3, 0.4) is 0 Å². The largest absolute Gasteiger partial charge is 0.342 e. The number of para-hydroxylation sites is 2. The summed E-state index contributed by atoms with van der Waals surface area (Å²) >= 11 is 1.45. The van der Waals surface area contributed by atoms with Crippen LogP contribution < -0.4 is 0 Å². The fourth-order valence-corrected chi connectivity index (χ4v) is 4.80. The van der Waals surface area contributed by atoms with Crippen molar-refractivity contribution in [1.82, 2.24) is 19.4 Å². The number of fused-ring (bicyclic) bond motifs is 1. The first-order valence-electron chi connectivity index (χ1n) is 9.86. The molecule has 2 aliphatic heterocycles. The molecule has 2 amide bonds. The van der Waals surface area contributed by atoms with E-state index in [4.69, 9.17) is 4.98 Å². The summed E-state index contributed by atoms with van der Waals surface area (Å²) in [6.07, 6.45) is 5.58. The minimum absolute atomic E-state index is 0.139. The van der Waals surface area contributed by atoms with E-state index in [-0.39, 0.29) is 11.8 Å². The number of carbonyl (C=O) groups excluding carboxylic acids is 2. The van der Waals surface area contributed by atoms with Gasteiger partial charge in [-0.3, -0.25) is 9.59 Å². The number of aromatic nitrogens is 2. The van der Waals surface area contributed by atoms with Crippen LogP contribution in [0.5, 0.6) is 0 Å². The third-order valence-corrected chi connectivity index (χ3v) is 6.37. The summed E-state index contributed by atoms with van der Waals surface area (Å²) in [5.41, 5.74) is 1.83. The average molecular weight is 387 g/mol. The quantitative estimate of drug-likeness (QED) is 0.742. The molecule has 2 aromatic rings. The standard InChI is InChI=1S/C20H26N4O2S/c25-18(22-12-6-7-13-22)14-24-17-9-3-2-8-16(17)21-20(24)27-15-19(26)23-10-4-1-5-11-23/h2-3,8-9H,1,4-7,10-15H2. The van der Waals surface area contributed by atoms with Crippen LogP contribution in [0.1, 0.15) is 32.1 Å². The molecule has 0 atom stereocenters. The van der Waals surface area contributed by atoms with Gasteiger partial charge in [-0.25, -0.2) is 4.98 Å². The lowest BCUT2D eigenvalue weighted by Gasteiger charge is -2.26. The van der Waals surface area contributed by atoms with Crippen molar-refractivity contribution in [2.24, 2.45) is 0 Å². The second-order valence-electron chi connectivity index (χ2n) is 7.29. The highest BCUT2D eigenvalue weighted by molar-refractivity contribution is 7.99. The Kier molecular flexibility index (Phi) is 5.66. The number of benzene rings is 1. The van der Waals surface area contributed by atoms with Crippen LogP contribution in [-0.4, -0.2) is 63.1 Å². The lowest BCUT2D eigenvalue weighted by Crippen LogP contribution is -2.36. The molecule has 2 saturated heterocycles. The molecule has 0 radical (unpaired) electrons. The molecular weight excluding hydrogens is 360 g/mol. The first kappa shape index (κ1) is 18.3. The Bertz CT molecular complexity index is 822. The van der Waals surface area contributed by atoms with E-state index in [0.717, 1.165) is 68.1 Å². The number of thioether (sulfide) groups is 1. The lowest BCUT2D eigenvalue weighted by molar-refractivity contribution is -0.131. The van der Waals surface area contributed by atoms with E-state index in [1.165, 1.54) is 18.2 Å². The van der Waals surface area contributed by atoms with Gasteiger partial charge in [0.15, 0.2) is 5.16 Å². The van der Waals surface area contributed by atoms with Gasteiger partial charge in [-0.2, -0.15) is 0 Å². The van der Waals surface area contributed by atoms with E-state index in [1.807, 2.05) is 38.6 Å². The first-order chi connectivity index (χ1) is 13.2. The molecule has 0 N–H and O–H groups in total. The van der Waals surface area contributed by atoms with Crippen molar-refractivity contribution < 1.29 is 9.59 Å². The summed E-state index contributed by atoms with van der Waals surface area (Å²) in [5.74, 6) is 0.686. The number of hydrogen-bond donors (Lipinski definition) is 0. The molecule has 0 unspecified atom stereocenters. The van der Waals surface area contributed by atoms with Crippen molar-refractivity contribution in [1.29, 1.82) is 0 Å². The Morgan fingerprint density at radius 3 is 2.26 bits per heavy atom. The maximum atomic E-state index is 12.7. The molecule has 0 saturated carbocycles. The number of rotatable bonds is 5. The number of nitrogens with zero attached hydrogens (tertiary/aromatic N) is 4. The van der Waals surface area contributed by atoms with E-state index in [0.29, 0.717) is 12.3 Å². The highest BCUT2D eigenvalue weighted by Gasteiger charge is 2.22. The van der Waals surface area contributed by atoms with Crippen molar-refractivity contribution in [3.05, 3.63) is 24.3 Å². The summed E-state index contributed by atoms with van der Waals surface area (Å²) in [6, 6.07) is 7.88. The number of imidazole rings is 1. The molecule has 1 aromatic carbocycles. The molecule has 1 aromatic heterocycles. The molecule has 0 spiro atoms. The number of amides is 2. The molecule has 4 rings (SSSR count). The van der Waals surface area contributed by atoms with Crippen molar-refractivity contribution in [2.75, 3.05) is 31.9 Å². The Labute approximate surface area is 163 Å². The van der Waals surface area contributed by atoms with Gasteiger partial charge >= 0.3 is 0 Å². The molecule has 2 aliphatic rings. The van der Waals surface area contributed by atoms with E-state index in [9.17, 15) is 9.59 Å². The number of hydrogen-bond acceptors (Lipinski definition) is 4. The second-order valence-corrected chi connectivity index (χ2v) is 8.23. The molecule has 2 fully saturated rings. The molecule has 7 heteroatoms. The highest BCUT2D eigenvalue weighted by atomic mass is 32.2. The van der Waals surface area contributed by atoms with Crippen LogP contribution in [0.4, 0.5) is 0 Å². The zero-order chi connectivity index (χ0) is 18.6.